The summed E-state index contributed by atoms with van der Waals surface area (Å²) in [7, 11) is 0. The number of rotatable bonds is 8. The summed E-state index contributed by atoms with van der Waals surface area (Å²) in [4.78, 5) is 11.0. The normalized spacial score (nSPS) is 21.7. The summed E-state index contributed by atoms with van der Waals surface area (Å²) >= 11 is 0. The molecule has 1 fully saturated rings. The van der Waals surface area contributed by atoms with Crippen LogP contribution in [0, 0.1) is 17.3 Å². The van der Waals surface area contributed by atoms with Gasteiger partial charge in [-0.3, -0.25) is 4.79 Å². The zero-order valence-corrected chi connectivity index (χ0v) is 20.7. The molecule has 0 aliphatic heterocycles. The zero-order chi connectivity index (χ0) is 24.7. The molecule has 0 amide bonds. The molecular weight excluding hydrogens is 432 g/mol. The number of carbonyl (C=O) groups is 1. The van der Waals surface area contributed by atoms with Crippen molar-refractivity contribution in [1.29, 1.82) is 0 Å². The van der Waals surface area contributed by atoms with Gasteiger partial charge in [-0.25, -0.2) is 0 Å². The number of fused-ring (bicyclic) bond motifs is 1. The Hall–Kier alpha value is -3.09. The van der Waals surface area contributed by atoms with Crippen molar-refractivity contribution in [3.05, 3.63) is 95.1 Å². The Morgan fingerprint density at radius 2 is 1.89 bits per heavy atom. The minimum atomic E-state index is -0.760. The first kappa shape index (κ1) is 25.0. The van der Waals surface area contributed by atoms with E-state index in [1.807, 2.05) is 42.5 Å². The molecule has 35 heavy (non-hydrogen) atoms. The molecule has 2 aromatic rings. The second-order valence-electron chi connectivity index (χ2n) is 10.4. The first-order valence-electron chi connectivity index (χ1n) is 12.8. The molecule has 2 aliphatic rings. The molecule has 2 N–H and O–H groups in total. The lowest BCUT2D eigenvalue weighted by atomic mass is 9.63. The summed E-state index contributed by atoms with van der Waals surface area (Å²) in [6, 6.07) is 16.5. The van der Waals surface area contributed by atoms with Crippen molar-refractivity contribution in [2.24, 2.45) is 5.41 Å². The van der Waals surface area contributed by atoms with Crippen molar-refractivity contribution in [1.82, 2.24) is 0 Å². The predicted molar refractivity (Wildman–Crippen MR) is 141 cm³/mol. The third-order valence-corrected chi connectivity index (χ3v) is 7.85. The van der Waals surface area contributed by atoms with E-state index in [0.29, 0.717) is 12.8 Å². The van der Waals surface area contributed by atoms with Gasteiger partial charge in [0.05, 0.1) is 6.10 Å². The van der Waals surface area contributed by atoms with Crippen LogP contribution in [0.25, 0.3) is 0 Å². The van der Waals surface area contributed by atoms with E-state index >= 15 is 0 Å². The lowest BCUT2D eigenvalue weighted by molar-refractivity contribution is -0.136. The maximum Gasteiger partial charge on any atom is 0.303 e. The van der Waals surface area contributed by atoms with Crippen molar-refractivity contribution in [3.8, 4) is 11.8 Å². The van der Waals surface area contributed by atoms with Gasteiger partial charge in [0.25, 0.3) is 0 Å². The topological polar surface area (TPSA) is 57.5 Å². The number of aliphatic hydroxyl groups excluding tert-OH is 1. The number of benzene rings is 2. The molecule has 3 nitrogen and oxygen atoms in total. The van der Waals surface area contributed by atoms with Crippen LogP contribution in [0.5, 0.6) is 0 Å². The van der Waals surface area contributed by atoms with E-state index in [4.69, 9.17) is 5.11 Å². The van der Waals surface area contributed by atoms with Crippen LogP contribution in [0.1, 0.15) is 74.1 Å². The quantitative estimate of drug-likeness (QED) is 0.349. The first-order chi connectivity index (χ1) is 16.9. The number of aliphatic carboxylic acids is 1. The largest absolute Gasteiger partial charge is 0.481 e. The Bertz CT molecular complexity index is 1140. The van der Waals surface area contributed by atoms with Gasteiger partial charge >= 0.3 is 5.97 Å². The summed E-state index contributed by atoms with van der Waals surface area (Å²) in [5.41, 5.74) is 4.55. The van der Waals surface area contributed by atoms with Gasteiger partial charge in [0.2, 0.25) is 0 Å². The van der Waals surface area contributed by atoms with Crippen LogP contribution in [0.15, 0.2) is 72.8 Å². The minimum Gasteiger partial charge on any atom is -0.481 e. The van der Waals surface area contributed by atoms with E-state index in [0.717, 1.165) is 49.7 Å². The summed E-state index contributed by atoms with van der Waals surface area (Å²) in [5, 5.41) is 20.0. The molecule has 0 aromatic heterocycles. The molecular formula is C32H36O3. The summed E-state index contributed by atoms with van der Waals surface area (Å²) in [5.74, 6) is 5.78. The summed E-state index contributed by atoms with van der Waals surface area (Å²) in [6.45, 7) is 2.26. The average Bonchev–Trinajstić information content (AvgIpc) is 2.83. The van der Waals surface area contributed by atoms with E-state index in [-0.39, 0.29) is 17.3 Å². The monoisotopic (exact) mass is 468 g/mol. The summed E-state index contributed by atoms with van der Waals surface area (Å²) in [6.07, 6.45) is 15.6. The lowest BCUT2D eigenvalue weighted by Gasteiger charge is -2.43. The van der Waals surface area contributed by atoms with Crippen LogP contribution in [0.2, 0.25) is 0 Å². The maximum atomic E-state index is 11.0. The van der Waals surface area contributed by atoms with Gasteiger partial charge in [-0.1, -0.05) is 85.9 Å². The maximum absolute atomic E-state index is 11.0. The van der Waals surface area contributed by atoms with E-state index in [2.05, 4.69) is 49.1 Å². The molecule has 0 radical (unpaired) electrons. The highest BCUT2D eigenvalue weighted by Crippen LogP contribution is 2.47. The number of carboxylic acid groups (broad SMARTS) is 1. The summed E-state index contributed by atoms with van der Waals surface area (Å²) < 4.78 is 0. The molecule has 2 aliphatic carbocycles. The van der Waals surface area contributed by atoms with Gasteiger partial charge in [-0.05, 0) is 67.3 Å². The van der Waals surface area contributed by atoms with Crippen molar-refractivity contribution in [2.45, 2.75) is 76.2 Å². The van der Waals surface area contributed by atoms with Crippen LogP contribution in [0.4, 0.5) is 0 Å². The Kier molecular flexibility index (Phi) is 7.93. The van der Waals surface area contributed by atoms with Crippen LogP contribution in [0.3, 0.4) is 0 Å². The van der Waals surface area contributed by atoms with E-state index in [1.165, 1.54) is 11.1 Å². The zero-order valence-electron chi connectivity index (χ0n) is 20.7. The number of aryl methyl sites for hydroxylation is 2. The van der Waals surface area contributed by atoms with E-state index < -0.39 is 12.1 Å². The highest BCUT2D eigenvalue weighted by Gasteiger charge is 2.41. The second kappa shape index (κ2) is 11.1. The first-order valence-corrected chi connectivity index (χ1v) is 12.8. The van der Waals surface area contributed by atoms with Crippen LogP contribution >= 0.6 is 0 Å². The molecule has 0 spiro atoms. The predicted octanol–water partition coefficient (Wildman–Crippen LogP) is 6.38. The Balaban J connectivity index is 1.42. The van der Waals surface area contributed by atoms with Gasteiger partial charge < -0.3 is 10.2 Å². The van der Waals surface area contributed by atoms with Crippen molar-refractivity contribution in [3.63, 3.8) is 0 Å². The molecule has 182 valence electrons. The van der Waals surface area contributed by atoms with Gasteiger partial charge in [0.15, 0.2) is 0 Å². The third kappa shape index (κ3) is 6.13. The number of allylic oxidation sites excluding steroid dienone is 3. The smallest absolute Gasteiger partial charge is 0.303 e. The van der Waals surface area contributed by atoms with Crippen molar-refractivity contribution < 1.29 is 15.0 Å². The number of hydrogen-bond acceptors (Lipinski definition) is 2. The Morgan fingerprint density at radius 3 is 2.60 bits per heavy atom. The van der Waals surface area contributed by atoms with Gasteiger partial charge in [-0.2, -0.15) is 0 Å². The molecule has 4 rings (SSSR count). The standard InChI is InChI=1S/C32H36O3/c1-31(20-8-13-27-17-15-26(24-28(27)31)16-18-30(34)35)19-6-5-14-29(33)32(22-9-23-32)21-7-12-25-10-3-2-4-11-25/h2-6,10-11,14-15,17,19,24,29,33H,8-9,13,16,18,20-23H2,1H3,(H,34,35)/b14-5+,19-6+. The van der Waals surface area contributed by atoms with Crippen LogP contribution in [-0.2, 0) is 23.1 Å². The molecule has 0 heterocycles. The Labute approximate surface area is 209 Å². The minimum absolute atomic E-state index is 0.0859. The SMILES string of the molecule is CC1(/C=C/C=C/C(O)C2(CC#Cc3ccccc3)CCC2)CCCc2ccc(CCC(=O)O)cc21. The fourth-order valence-electron chi connectivity index (χ4n) is 5.43. The Morgan fingerprint density at radius 1 is 1.09 bits per heavy atom. The fourth-order valence-corrected chi connectivity index (χ4v) is 5.43. The van der Waals surface area contributed by atoms with E-state index in [1.54, 1.807) is 0 Å². The van der Waals surface area contributed by atoms with E-state index in [9.17, 15) is 9.90 Å². The highest BCUT2D eigenvalue weighted by atomic mass is 16.4. The van der Waals surface area contributed by atoms with Gasteiger partial charge in [-0.15, -0.1) is 0 Å². The van der Waals surface area contributed by atoms with Crippen molar-refractivity contribution >= 4 is 5.97 Å². The van der Waals surface area contributed by atoms with Crippen LogP contribution in [-0.4, -0.2) is 22.3 Å². The number of hydrogen-bond donors (Lipinski definition) is 2. The van der Waals surface area contributed by atoms with Crippen molar-refractivity contribution in [2.75, 3.05) is 0 Å². The fraction of sp³-hybridized carbons (Fsp3) is 0.406. The third-order valence-electron chi connectivity index (χ3n) is 7.85. The highest BCUT2D eigenvalue weighted by molar-refractivity contribution is 5.67. The molecule has 0 bridgehead atoms. The van der Waals surface area contributed by atoms with Gasteiger partial charge in [0, 0.05) is 29.2 Å². The molecule has 2 atom stereocenters. The molecule has 3 heteroatoms. The van der Waals surface area contributed by atoms with Gasteiger partial charge in [0.1, 0.15) is 0 Å². The number of carboxylic acids is 1. The average molecular weight is 469 g/mol. The molecule has 0 saturated heterocycles. The molecule has 2 aromatic carbocycles. The lowest BCUT2D eigenvalue weighted by Crippen LogP contribution is -2.40. The molecule has 2 unspecified atom stereocenters. The number of aliphatic hydroxyl groups is 1. The molecule has 1 saturated carbocycles. The van der Waals surface area contributed by atoms with Crippen LogP contribution < -0.4 is 0 Å². The second-order valence-corrected chi connectivity index (χ2v) is 10.4.